The summed E-state index contributed by atoms with van der Waals surface area (Å²) in [5.74, 6) is 0.0840. The normalized spacial score (nSPS) is 22.1. The van der Waals surface area contributed by atoms with Crippen molar-refractivity contribution >= 4 is 5.91 Å². The first-order valence-corrected chi connectivity index (χ1v) is 9.77. The number of ether oxygens (including phenoxy) is 1. The summed E-state index contributed by atoms with van der Waals surface area (Å²) in [7, 11) is 0. The van der Waals surface area contributed by atoms with Gasteiger partial charge in [0.15, 0.2) is 6.10 Å². The Balaban J connectivity index is 1.71. The summed E-state index contributed by atoms with van der Waals surface area (Å²) in [4.78, 5) is 15.2. The first-order chi connectivity index (χ1) is 12.2. The van der Waals surface area contributed by atoms with Crippen LogP contribution in [0.1, 0.15) is 63.5 Å². The summed E-state index contributed by atoms with van der Waals surface area (Å²) in [6.45, 7) is 3.77. The van der Waals surface area contributed by atoms with Gasteiger partial charge in [-0.1, -0.05) is 50.1 Å². The predicted octanol–water partition coefficient (Wildman–Crippen LogP) is 3.70. The van der Waals surface area contributed by atoms with E-state index in [1.165, 1.54) is 12.8 Å². The molecule has 4 nitrogen and oxygen atoms in total. The minimum absolute atomic E-state index is 0.00860. The van der Waals surface area contributed by atoms with Crippen LogP contribution in [-0.4, -0.2) is 41.7 Å². The van der Waals surface area contributed by atoms with Crippen molar-refractivity contribution in [2.75, 3.05) is 19.7 Å². The molecule has 3 rings (SSSR count). The maximum absolute atomic E-state index is 13.2. The number of amides is 1. The van der Waals surface area contributed by atoms with E-state index in [1.807, 2.05) is 35.2 Å². The molecule has 4 heteroatoms. The second-order valence-electron chi connectivity index (χ2n) is 7.67. The number of benzene rings is 1. The lowest BCUT2D eigenvalue weighted by Gasteiger charge is -2.41. The minimum atomic E-state index is -0.493. The first kappa shape index (κ1) is 18.4. The topological polar surface area (TPSA) is 49.8 Å². The fraction of sp³-hybridized carbons (Fsp3) is 0.667. The molecule has 1 aromatic carbocycles. The molecule has 0 bridgehead atoms. The molecule has 1 aromatic rings. The Labute approximate surface area is 151 Å². The Morgan fingerprint density at radius 3 is 2.44 bits per heavy atom. The van der Waals surface area contributed by atoms with E-state index in [-0.39, 0.29) is 24.0 Å². The summed E-state index contributed by atoms with van der Waals surface area (Å²) in [5, 5.41) is 9.72. The van der Waals surface area contributed by atoms with Crippen LogP contribution in [0.4, 0.5) is 0 Å². The largest absolute Gasteiger partial charge is 0.396 e. The van der Waals surface area contributed by atoms with E-state index < -0.39 is 6.10 Å². The SMILES string of the molecule is CCC1(CO)CCN(C(=O)C(OC2CCCC2)c2ccccc2)CC1. The predicted molar refractivity (Wildman–Crippen MR) is 98.1 cm³/mol. The van der Waals surface area contributed by atoms with Crippen LogP contribution in [0.3, 0.4) is 0 Å². The maximum atomic E-state index is 13.2. The number of rotatable bonds is 6. The molecule has 1 saturated carbocycles. The van der Waals surface area contributed by atoms with Crippen LogP contribution in [0.25, 0.3) is 0 Å². The van der Waals surface area contributed by atoms with E-state index in [1.54, 1.807) is 0 Å². The highest BCUT2D eigenvalue weighted by atomic mass is 16.5. The van der Waals surface area contributed by atoms with Gasteiger partial charge in [-0.3, -0.25) is 4.79 Å². The van der Waals surface area contributed by atoms with Crippen molar-refractivity contribution in [3.63, 3.8) is 0 Å². The van der Waals surface area contributed by atoms with Gasteiger partial charge in [0.2, 0.25) is 0 Å². The molecule has 1 aliphatic carbocycles. The Kier molecular flexibility index (Phi) is 6.13. The second kappa shape index (κ2) is 8.33. The zero-order valence-electron chi connectivity index (χ0n) is 15.3. The number of piperidine rings is 1. The van der Waals surface area contributed by atoms with Crippen molar-refractivity contribution in [2.24, 2.45) is 5.41 Å². The standard InChI is InChI=1S/C21H31NO3/c1-2-21(16-23)12-14-22(15-13-21)20(24)19(17-8-4-3-5-9-17)25-18-10-6-7-11-18/h3-5,8-9,18-19,23H,2,6-7,10-16H2,1H3. The number of carbonyl (C=O) groups is 1. The van der Waals surface area contributed by atoms with E-state index in [9.17, 15) is 9.90 Å². The Hall–Kier alpha value is -1.39. The number of hydrogen-bond donors (Lipinski definition) is 1. The lowest BCUT2D eigenvalue weighted by atomic mass is 9.77. The molecule has 1 heterocycles. The molecule has 2 fully saturated rings. The molecule has 0 radical (unpaired) electrons. The van der Waals surface area contributed by atoms with Gasteiger partial charge in [-0.05, 0) is 43.1 Å². The zero-order valence-corrected chi connectivity index (χ0v) is 15.3. The Bertz CT molecular complexity index is 540. The summed E-state index contributed by atoms with van der Waals surface area (Å²) < 4.78 is 6.28. The zero-order chi connectivity index (χ0) is 17.7. The van der Waals surface area contributed by atoms with Gasteiger partial charge >= 0.3 is 0 Å². The molecular weight excluding hydrogens is 314 g/mol. The number of likely N-dealkylation sites (tertiary alicyclic amines) is 1. The van der Waals surface area contributed by atoms with Gasteiger partial charge in [-0.25, -0.2) is 0 Å². The molecule has 2 aliphatic rings. The van der Waals surface area contributed by atoms with Crippen LogP contribution >= 0.6 is 0 Å². The lowest BCUT2D eigenvalue weighted by Crippen LogP contribution is -2.46. The highest BCUT2D eigenvalue weighted by Gasteiger charge is 2.37. The average Bonchev–Trinajstić information content (AvgIpc) is 3.19. The number of nitrogens with zero attached hydrogens (tertiary/aromatic N) is 1. The fourth-order valence-corrected chi connectivity index (χ4v) is 4.11. The Morgan fingerprint density at radius 2 is 1.88 bits per heavy atom. The quantitative estimate of drug-likeness (QED) is 0.855. The van der Waals surface area contributed by atoms with Gasteiger partial charge in [0.25, 0.3) is 5.91 Å². The molecule has 0 aromatic heterocycles. The van der Waals surface area contributed by atoms with E-state index in [0.717, 1.165) is 37.7 Å². The molecule has 25 heavy (non-hydrogen) atoms. The van der Waals surface area contributed by atoms with Crippen molar-refractivity contribution < 1.29 is 14.6 Å². The van der Waals surface area contributed by atoms with Gasteiger partial charge in [0.1, 0.15) is 0 Å². The summed E-state index contributed by atoms with van der Waals surface area (Å²) in [6, 6.07) is 9.89. The van der Waals surface area contributed by atoms with Crippen LogP contribution in [0.2, 0.25) is 0 Å². The molecular formula is C21H31NO3. The van der Waals surface area contributed by atoms with E-state index in [4.69, 9.17) is 4.74 Å². The molecule has 1 aliphatic heterocycles. The van der Waals surface area contributed by atoms with E-state index >= 15 is 0 Å². The third kappa shape index (κ3) is 4.24. The third-order valence-electron chi connectivity index (χ3n) is 6.18. The van der Waals surface area contributed by atoms with Gasteiger partial charge < -0.3 is 14.7 Å². The summed E-state index contributed by atoms with van der Waals surface area (Å²) in [5.41, 5.74) is 0.944. The van der Waals surface area contributed by atoms with Crippen LogP contribution < -0.4 is 0 Å². The number of aliphatic hydroxyl groups is 1. The van der Waals surface area contributed by atoms with E-state index in [0.29, 0.717) is 13.1 Å². The molecule has 1 saturated heterocycles. The van der Waals surface area contributed by atoms with Gasteiger partial charge in [0, 0.05) is 19.7 Å². The monoisotopic (exact) mass is 345 g/mol. The van der Waals surface area contributed by atoms with Crippen molar-refractivity contribution in [1.82, 2.24) is 4.90 Å². The van der Waals surface area contributed by atoms with Crippen LogP contribution in [0.5, 0.6) is 0 Å². The van der Waals surface area contributed by atoms with Crippen molar-refractivity contribution in [3.8, 4) is 0 Å². The van der Waals surface area contributed by atoms with Crippen molar-refractivity contribution in [2.45, 2.75) is 64.1 Å². The van der Waals surface area contributed by atoms with Crippen molar-refractivity contribution in [3.05, 3.63) is 35.9 Å². The van der Waals surface area contributed by atoms with Gasteiger partial charge in [0.05, 0.1) is 6.10 Å². The lowest BCUT2D eigenvalue weighted by molar-refractivity contribution is -0.151. The fourth-order valence-electron chi connectivity index (χ4n) is 4.11. The average molecular weight is 345 g/mol. The first-order valence-electron chi connectivity index (χ1n) is 9.77. The summed E-state index contributed by atoms with van der Waals surface area (Å²) in [6.07, 6.45) is 6.91. The van der Waals surface area contributed by atoms with Crippen LogP contribution in [0.15, 0.2) is 30.3 Å². The van der Waals surface area contributed by atoms with E-state index in [2.05, 4.69) is 6.92 Å². The summed E-state index contributed by atoms with van der Waals surface area (Å²) >= 11 is 0. The number of aliphatic hydroxyl groups excluding tert-OH is 1. The van der Waals surface area contributed by atoms with Gasteiger partial charge in [-0.2, -0.15) is 0 Å². The highest BCUT2D eigenvalue weighted by Crippen LogP contribution is 2.36. The molecule has 0 spiro atoms. The molecule has 1 unspecified atom stereocenters. The van der Waals surface area contributed by atoms with Crippen LogP contribution in [0, 0.1) is 5.41 Å². The van der Waals surface area contributed by atoms with Crippen molar-refractivity contribution in [1.29, 1.82) is 0 Å². The minimum Gasteiger partial charge on any atom is -0.396 e. The Morgan fingerprint density at radius 1 is 1.24 bits per heavy atom. The van der Waals surface area contributed by atoms with Gasteiger partial charge in [-0.15, -0.1) is 0 Å². The molecule has 1 amide bonds. The number of carbonyl (C=O) groups excluding carboxylic acids is 1. The third-order valence-corrected chi connectivity index (χ3v) is 6.18. The number of hydrogen-bond acceptors (Lipinski definition) is 3. The van der Waals surface area contributed by atoms with Crippen LogP contribution in [-0.2, 0) is 9.53 Å². The molecule has 1 N–H and O–H groups in total. The smallest absolute Gasteiger partial charge is 0.256 e. The molecule has 1 atom stereocenters. The molecule has 138 valence electrons. The second-order valence-corrected chi connectivity index (χ2v) is 7.67. The maximum Gasteiger partial charge on any atom is 0.256 e. The highest BCUT2D eigenvalue weighted by molar-refractivity contribution is 5.82.